The van der Waals surface area contributed by atoms with Crippen LogP contribution < -0.4 is 19.8 Å². The van der Waals surface area contributed by atoms with Crippen molar-refractivity contribution in [2.45, 2.75) is 19.8 Å². The van der Waals surface area contributed by atoms with Crippen molar-refractivity contribution in [2.75, 3.05) is 14.2 Å². The van der Waals surface area contributed by atoms with Crippen molar-refractivity contribution in [2.24, 2.45) is 0 Å². The summed E-state index contributed by atoms with van der Waals surface area (Å²) in [5.74, 6) is 1.84. The van der Waals surface area contributed by atoms with Crippen LogP contribution in [-0.4, -0.2) is 20.1 Å². The van der Waals surface area contributed by atoms with Gasteiger partial charge in [-0.2, -0.15) is 5.48 Å². The van der Waals surface area contributed by atoms with Crippen LogP contribution in [0.5, 0.6) is 17.2 Å². The summed E-state index contributed by atoms with van der Waals surface area (Å²) in [7, 11) is 3.26. The molecule has 0 saturated heterocycles. The molecule has 0 fully saturated rings. The molecule has 0 bridgehead atoms. The van der Waals surface area contributed by atoms with Crippen LogP contribution in [0.25, 0.3) is 0 Å². The second-order valence-corrected chi connectivity index (χ2v) is 5.09. The Kier molecular flexibility index (Phi) is 5.86. The number of hydrogen-bond acceptors (Lipinski definition) is 4. The molecule has 0 spiro atoms. The standard InChI is InChI=1S/C18H21NO4/c1-13(20)19-23-16-9-6-14(7-10-16)4-5-15-8-11-17(21-2)18(12-15)22-3/h6-12H,4-5H2,1-3H3,(H,19,20). The van der Waals surface area contributed by atoms with Crippen LogP contribution in [0.3, 0.4) is 0 Å². The third-order valence-electron chi connectivity index (χ3n) is 3.39. The van der Waals surface area contributed by atoms with Gasteiger partial charge in [0, 0.05) is 6.92 Å². The molecule has 0 heterocycles. The first-order valence-corrected chi connectivity index (χ1v) is 7.35. The minimum absolute atomic E-state index is 0.234. The second kappa shape index (κ2) is 8.08. The van der Waals surface area contributed by atoms with Gasteiger partial charge in [-0.15, -0.1) is 0 Å². The number of carbonyl (C=O) groups is 1. The maximum Gasteiger partial charge on any atom is 0.249 e. The number of nitrogens with one attached hydrogen (secondary N) is 1. The molecule has 0 aliphatic carbocycles. The SMILES string of the molecule is COc1ccc(CCc2ccc(ONC(C)=O)cc2)cc1OC. The van der Waals surface area contributed by atoms with E-state index in [-0.39, 0.29) is 5.91 Å². The zero-order chi connectivity index (χ0) is 16.7. The summed E-state index contributed by atoms with van der Waals surface area (Å²) >= 11 is 0. The molecule has 5 nitrogen and oxygen atoms in total. The zero-order valence-electron chi connectivity index (χ0n) is 13.6. The van der Waals surface area contributed by atoms with E-state index in [1.165, 1.54) is 18.1 Å². The molecule has 122 valence electrons. The van der Waals surface area contributed by atoms with Gasteiger partial charge in [0.05, 0.1) is 14.2 Å². The molecule has 2 aromatic carbocycles. The van der Waals surface area contributed by atoms with E-state index >= 15 is 0 Å². The van der Waals surface area contributed by atoms with Gasteiger partial charge in [0.2, 0.25) is 5.91 Å². The Balaban J connectivity index is 1.94. The number of hydrogen-bond donors (Lipinski definition) is 1. The number of methoxy groups -OCH3 is 2. The van der Waals surface area contributed by atoms with Gasteiger partial charge in [-0.05, 0) is 48.2 Å². The van der Waals surface area contributed by atoms with Crippen molar-refractivity contribution < 1.29 is 19.1 Å². The first-order chi connectivity index (χ1) is 11.1. The summed E-state index contributed by atoms with van der Waals surface area (Å²) in [6.07, 6.45) is 1.79. The Morgan fingerprint density at radius 2 is 1.52 bits per heavy atom. The maximum atomic E-state index is 10.8. The third-order valence-corrected chi connectivity index (χ3v) is 3.39. The lowest BCUT2D eigenvalue weighted by atomic mass is 10.0. The van der Waals surface area contributed by atoms with Gasteiger partial charge in [-0.1, -0.05) is 18.2 Å². The van der Waals surface area contributed by atoms with Crippen LogP contribution in [0.4, 0.5) is 0 Å². The highest BCUT2D eigenvalue weighted by atomic mass is 16.7. The molecule has 0 radical (unpaired) electrons. The fourth-order valence-electron chi connectivity index (χ4n) is 2.18. The van der Waals surface area contributed by atoms with Crippen LogP contribution >= 0.6 is 0 Å². The first kappa shape index (κ1) is 16.7. The molecule has 0 unspecified atom stereocenters. The van der Waals surface area contributed by atoms with E-state index in [1.54, 1.807) is 14.2 Å². The second-order valence-electron chi connectivity index (χ2n) is 5.09. The van der Waals surface area contributed by atoms with E-state index < -0.39 is 0 Å². The van der Waals surface area contributed by atoms with Crippen molar-refractivity contribution in [3.63, 3.8) is 0 Å². The fraction of sp³-hybridized carbons (Fsp3) is 0.278. The Morgan fingerprint density at radius 3 is 2.13 bits per heavy atom. The lowest BCUT2D eigenvalue weighted by Gasteiger charge is -2.10. The number of carbonyl (C=O) groups excluding carboxylic acids is 1. The summed E-state index contributed by atoms with van der Waals surface area (Å²) in [6, 6.07) is 13.6. The van der Waals surface area contributed by atoms with Crippen LogP contribution in [0.1, 0.15) is 18.1 Å². The molecule has 23 heavy (non-hydrogen) atoms. The molecular weight excluding hydrogens is 294 g/mol. The van der Waals surface area contributed by atoms with Crippen LogP contribution in [0, 0.1) is 0 Å². The summed E-state index contributed by atoms with van der Waals surface area (Å²) in [5, 5.41) is 0. The molecular formula is C18H21NO4. The lowest BCUT2D eigenvalue weighted by Crippen LogP contribution is -2.23. The highest BCUT2D eigenvalue weighted by molar-refractivity contribution is 5.71. The minimum atomic E-state index is -0.234. The minimum Gasteiger partial charge on any atom is -0.493 e. The predicted molar refractivity (Wildman–Crippen MR) is 87.8 cm³/mol. The first-order valence-electron chi connectivity index (χ1n) is 7.35. The molecule has 1 amide bonds. The summed E-state index contributed by atoms with van der Waals surface area (Å²) in [6.45, 7) is 1.40. The monoisotopic (exact) mass is 315 g/mol. The van der Waals surface area contributed by atoms with Gasteiger partial charge in [0.15, 0.2) is 17.2 Å². The number of aryl methyl sites for hydroxylation is 2. The van der Waals surface area contributed by atoms with E-state index in [4.69, 9.17) is 14.3 Å². The Morgan fingerprint density at radius 1 is 0.913 bits per heavy atom. The van der Waals surface area contributed by atoms with Crippen molar-refractivity contribution in [3.05, 3.63) is 53.6 Å². The quantitative estimate of drug-likeness (QED) is 0.798. The maximum absolute atomic E-state index is 10.8. The Bertz CT molecular complexity index is 653. The predicted octanol–water partition coefficient (Wildman–Crippen LogP) is 2.92. The van der Waals surface area contributed by atoms with Crippen molar-refractivity contribution in [3.8, 4) is 17.2 Å². The zero-order valence-corrected chi connectivity index (χ0v) is 13.6. The Labute approximate surface area is 136 Å². The van der Waals surface area contributed by atoms with Crippen LogP contribution in [0.15, 0.2) is 42.5 Å². The van der Waals surface area contributed by atoms with Crippen molar-refractivity contribution in [1.29, 1.82) is 0 Å². The van der Waals surface area contributed by atoms with Gasteiger partial charge in [0.1, 0.15) is 0 Å². The molecule has 2 aromatic rings. The average Bonchev–Trinajstić information content (AvgIpc) is 2.58. The molecule has 1 N–H and O–H groups in total. The summed E-state index contributed by atoms with van der Waals surface area (Å²) in [4.78, 5) is 15.9. The van der Waals surface area contributed by atoms with Gasteiger partial charge in [-0.25, -0.2) is 0 Å². The lowest BCUT2D eigenvalue weighted by molar-refractivity contribution is -0.125. The third kappa shape index (κ3) is 4.92. The topological polar surface area (TPSA) is 56.8 Å². The smallest absolute Gasteiger partial charge is 0.249 e. The van der Waals surface area contributed by atoms with E-state index in [9.17, 15) is 4.79 Å². The normalized spacial score (nSPS) is 10.0. The number of amides is 1. The summed E-state index contributed by atoms with van der Waals surface area (Å²) < 4.78 is 10.6. The molecule has 5 heteroatoms. The van der Waals surface area contributed by atoms with Crippen molar-refractivity contribution in [1.82, 2.24) is 5.48 Å². The number of ether oxygens (including phenoxy) is 2. The Hall–Kier alpha value is -2.69. The number of rotatable bonds is 7. The van der Waals surface area contributed by atoms with Crippen LogP contribution in [0.2, 0.25) is 0 Å². The van der Waals surface area contributed by atoms with Crippen LogP contribution in [-0.2, 0) is 17.6 Å². The van der Waals surface area contributed by atoms with Gasteiger partial charge >= 0.3 is 0 Å². The molecule has 0 atom stereocenters. The fourth-order valence-corrected chi connectivity index (χ4v) is 2.18. The molecule has 0 aromatic heterocycles. The number of hydroxylamine groups is 1. The van der Waals surface area contributed by atoms with E-state index in [0.29, 0.717) is 5.75 Å². The molecule has 0 aliphatic heterocycles. The highest BCUT2D eigenvalue weighted by Crippen LogP contribution is 2.28. The molecule has 0 aliphatic rings. The van der Waals surface area contributed by atoms with Gasteiger partial charge < -0.3 is 14.3 Å². The highest BCUT2D eigenvalue weighted by Gasteiger charge is 2.05. The summed E-state index contributed by atoms with van der Waals surface area (Å²) in [5.41, 5.74) is 4.67. The molecule has 0 saturated carbocycles. The van der Waals surface area contributed by atoms with Gasteiger partial charge in [0.25, 0.3) is 0 Å². The average molecular weight is 315 g/mol. The van der Waals surface area contributed by atoms with Crippen molar-refractivity contribution >= 4 is 5.91 Å². The van der Waals surface area contributed by atoms with Gasteiger partial charge in [-0.3, -0.25) is 4.79 Å². The van der Waals surface area contributed by atoms with E-state index in [0.717, 1.165) is 24.3 Å². The molecule has 2 rings (SSSR count). The number of benzene rings is 2. The largest absolute Gasteiger partial charge is 0.493 e. The van der Waals surface area contributed by atoms with E-state index in [2.05, 4.69) is 5.48 Å². The van der Waals surface area contributed by atoms with E-state index in [1.807, 2.05) is 42.5 Å².